The zero-order valence-electron chi connectivity index (χ0n) is 16.3. The number of nitrogens with one attached hydrogen (secondary N) is 1. The van der Waals surface area contributed by atoms with Crippen LogP contribution in [0.5, 0.6) is 0 Å². The summed E-state index contributed by atoms with van der Waals surface area (Å²) in [6.07, 6.45) is 0.268. The molecule has 3 rings (SSSR count). The smallest absolute Gasteiger partial charge is 0.312 e. The van der Waals surface area contributed by atoms with E-state index in [9.17, 15) is 23.9 Å². The number of aliphatic carboxylic acids is 1. The van der Waals surface area contributed by atoms with E-state index in [4.69, 9.17) is 0 Å². The molecule has 1 aliphatic heterocycles. The molecule has 152 valence electrons. The van der Waals surface area contributed by atoms with Crippen LogP contribution in [0.4, 0.5) is 10.1 Å². The van der Waals surface area contributed by atoms with E-state index in [0.29, 0.717) is 5.56 Å². The van der Waals surface area contributed by atoms with Crippen molar-refractivity contribution >= 4 is 23.5 Å². The van der Waals surface area contributed by atoms with Crippen LogP contribution in [0.25, 0.3) is 0 Å². The Hall–Kier alpha value is -3.22. The molecular weight excluding hydrogens is 375 g/mol. The fourth-order valence-corrected chi connectivity index (χ4v) is 3.48. The third-order valence-corrected chi connectivity index (χ3v) is 4.86. The molecule has 2 amide bonds. The number of amides is 2. The van der Waals surface area contributed by atoms with Crippen LogP contribution in [0.3, 0.4) is 0 Å². The number of halogens is 1. The van der Waals surface area contributed by atoms with E-state index >= 15 is 0 Å². The van der Waals surface area contributed by atoms with E-state index in [1.165, 1.54) is 17.0 Å². The van der Waals surface area contributed by atoms with Gasteiger partial charge in [0.05, 0.1) is 11.6 Å². The Labute approximate surface area is 168 Å². The van der Waals surface area contributed by atoms with Crippen LogP contribution in [0.2, 0.25) is 0 Å². The first kappa shape index (κ1) is 20.5. The van der Waals surface area contributed by atoms with Gasteiger partial charge in [0, 0.05) is 25.1 Å². The Kier molecular flexibility index (Phi) is 5.96. The highest BCUT2D eigenvalue weighted by Crippen LogP contribution is 2.30. The molecule has 1 heterocycles. The Balaban J connectivity index is 1.79. The summed E-state index contributed by atoms with van der Waals surface area (Å²) in [6.45, 7) is 4.05. The Bertz CT molecular complexity index is 958. The fourth-order valence-electron chi connectivity index (χ4n) is 3.48. The van der Waals surface area contributed by atoms with Gasteiger partial charge < -0.3 is 15.3 Å². The average molecular weight is 398 g/mol. The van der Waals surface area contributed by atoms with Crippen molar-refractivity contribution in [3.05, 3.63) is 65.0 Å². The lowest BCUT2D eigenvalue weighted by Crippen LogP contribution is -2.40. The summed E-state index contributed by atoms with van der Waals surface area (Å²) in [5, 5.41) is 12.0. The molecule has 0 bridgehead atoms. The number of hydrogen-bond acceptors (Lipinski definition) is 3. The number of fused-ring (bicyclic) bond motifs is 1. The lowest BCUT2D eigenvalue weighted by atomic mass is 9.89. The maximum Gasteiger partial charge on any atom is 0.312 e. The normalized spacial score (nSPS) is 15.7. The summed E-state index contributed by atoms with van der Waals surface area (Å²) in [6, 6.07) is 11.0. The van der Waals surface area contributed by atoms with Gasteiger partial charge in [0.15, 0.2) is 0 Å². The summed E-state index contributed by atoms with van der Waals surface area (Å²) in [4.78, 5) is 37.8. The van der Waals surface area contributed by atoms with Crippen molar-refractivity contribution in [3.63, 3.8) is 0 Å². The van der Waals surface area contributed by atoms with Crippen molar-refractivity contribution < 1.29 is 23.9 Å². The number of hydrogen-bond donors (Lipinski definition) is 2. The van der Waals surface area contributed by atoms with Crippen molar-refractivity contribution in [2.75, 3.05) is 11.9 Å². The molecule has 0 aliphatic carbocycles. The zero-order chi connectivity index (χ0) is 21.1. The van der Waals surface area contributed by atoms with Crippen LogP contribution >= 0.6 is 0 Å². The van der Waals surface area contributed by atoms with Gasteiger partial charge in [-0.15, -0.1) is 0 Å². The minimum Gasteiger partial charge on any atom is -0.481 e. The highest BCUT2D eigenvalue weighted by atomic mass is 19.1. The molecule has 29 heavy (non-hydrogen) atoms. The first-order chi connectivity index (χ1) is 13.8. The quantitative estimate of drug-likeness (QED) is 0.805. The molecule has 2 aromatic carbocycles. The third kappa shape index (κ3) is 4.62. The molecule has 0 radical (unpaired) electrons. The van der Waals surface area contributed by atoms with E-state index in [1.807, 2.05) is 13.8 Å². The van der Waals surface area contributed by atoms with Gasteiger partial charge in [-0.25, -0.2) is 4.39 Å². The second kappa shape index (κ2) is 8.43. The maximum absolute atomic E-state index is 14.4. The molecule has 1 atom stereocenters. The largest absolute Gasteiger partial charge is 0.481 e. The number of carbonyl (C=O) groups is 3. The summed E-state index contributed by atoms with van der Waals surface area (Å²) in [5.74, 6) is -3.16. The SMILES string of the molecule is CC(C)CC(=O)Nc1ccc(C(=O)N2Cc3ccccc3C(C(=O)O)C2)cc1F. The molecule has 7 heteroatoms. The fraction of sp³-hybridized carbons (Fsp3) is 0.318. The van der Waals surface area contributed by atoms with Crippen LogP contribution in [0.1, 0.15) is 47.7 Å². The molecule has 1 unspecified atom stereocenters. The molecule has 2 aromatic rings. The minimum absolute atomic E-state index is 0.0135. The Morgan fingerprint density at radius 3 is 2.59 bits per heavy atom. The van der Waals surface area contributed by atoms with E-state index in [0.717, 1.165) is 11.6 Å². The average Bonchev–Trinajstić information content (AvgIpc) is 2.67. The summed E-state index contributed by atoms with van der Waals surface area (Å²) >= 11 is 0. The van der Waals surface area contributed by atoms with Crippen molar-refractivity contribution in [1.29, 1.82) is 0 Å². The van der Waals surface area contributed by atoms with Gasteiger partial charge in [-0.2, -0.15) is 0 Å². The van der Waals surface area contributed by atoms with Gasteiger partial charge in [0.2, 0.25) is 5.91 Å². The topological polar surface area (TPSA) is 86.7 Å². The standard InChI is InChI=1S/C22H23FN2O4/c1-13(2)9-20(26)24-19-8-7-14(10-18(19)23)21(27)25-11-15-5-3-4-6-16(15)17(12-25)22(28)29/h3-8,10,13,17H,9,11-12H2,1-2H3,(H,24,26)(H,28,29). The van der Waals surface area contributed by atoms with Gasteiger partial charge >= 0.3 is 5.97 Å². The van der Waals surface area contributed by atoms with Gasteiger partial charge in [0.1, 0.15) is 5.82 Å². The summed E-state index contributed by atoms with van der Waals surface area (Å²) in [7, 11) is 0. The molecule has 0 saturated heterocycles. The van der Waals surface area contributed by atoms with Crippen LogP contribution in [-0.4, -0.2) is 34.3 Å². The number of anilines is 1. The Morgan fingerprint density at radius 2 is 1.93 bits per heavy atom. The monoisotopic (exact) mass is 398 g/mol. The van der Waals surface area contributed by atoms with Gasteiger partial charge in [-0.1, -0.05) is 38.1 Å². The predicted octanol–water partition coefficient (Wildman–Crippen LogP) is 3.63. The zero-order valence-corrected chi connectivity index (χ0v) is 16.3. The van der Waals surface area contributed by atoms with Crippen LogP contribution in [0, 0.1) is 11.7 Å². The van der Waals surface area contributed by atoms with Crippen LogP contribution in [-0.2, 0) is 16.1 Å². The summed E-state index contributed by atoms with van der Waals surface area (Å²) < 4.78 is 14.4. The van der Waals surface area contributed by atoms with Crippen molar-refractivity contribution in [3.8, 4) is 0 Å². The molecule has 0 saturated carbocycles. The second-order valence-electron chi connectivity index (χ2n) is 7.62. The van der Waals surface area contributed by atoms with Crippen molar-refractivity contribution in [2.24, 2.45) is 5.92 Å². The number of benzene rings is 2. The molecule has 1 aliphatic rings. The first-order valence-electron chi connectivity index (χ1n) is 9.45. The number of carbonyl (C=O) groups excluding carboxylic acids is 2. The molecule has 0 spiro atoms. The maximum atomic E-state index is 14.4. The number of nitrogens with zero attached hydrogens (tertiary/aromatic N) is 1. The molecule has 2 N–H and O–H groups in total. The van der Waals surface area contributed by atoms with E-state index in [-0.39, 0.29) is 42.6 Å². The highest BCUT2D eigenvalue weighted by Gasteiger charge is 2.32. The lowest BCUT2D eigenvalue weighted by molar-refractivity contribution is -0.139. The molecule has 0 fully saturated rings. The predicted molar refractivity (Wildman–Crippen MR) is 106 cm³/mol. The third-order valence-electron chi connectivity index (χ3n) is 4.86. The Morgan fingerprint density at radius 1 is 1.21 bits per heavy atom. The summed E-state index contributed by atoms with van der Waals surface area (Å²) in [5.41, 5.74) is 1.57. The van der Waals surface area contributed by atoms with Crippen molar-refractivity contribution in [2.45, 2.75) is 32.7 Å². The highest BCUT2D eigenvalue weighted by molar-refractivity contribution is 5.96. The van der Waals surface area contributed by atoms with E-state index in [1.54, 1.807) is 24.3 Å². The number of carboxylic acids is 1. The number of carboxylic acid groups (broad SMARTS) is 1. The van der Waals surface area contributed by atoms with Crippen LogP contribution < -0.4 is 5.32 Å². The van der Waals surface area contributed by atoms with Gasteiger partial charge in [-0.05, 0) is 35.2 Å². The van der Waals surface area contributed by atoms with E-state index in [2.05, 4.69) is 5.32 Å². The van der Waals surface area contributed by atoms with Gasteiger partial charge in [-0.3, -0.25) is 14.4 Å². The lowest BCUT2D eigenvalue weighted by Gasteiger charge is -2.33. The molecular formula is C22H23FN2O4. The minimum atomic E-state index is -1.01. The van der Waals surface area contributed by atoms with Crippen LogP contribution in [0.15, 0.2) is 42.5 Å². The second-order valence-corrected chi connectivity index (χ2v) is 7.62. The molecule has 6 nitrogen and oxygen atoms in total. The van der Waals surface area contributed by atoms with Gasteiger partial charge in [0.25, 0.3) is 5.91 Å². The molecule has 0 aromatic heterocycles. The van der Waals surface area contributed by atoms with E-state index < -0.39 is 23.6 Å². The number of rotatable bonds is 5. The van der Waals surface area contributed by atoms with Crippen molar-refractivity contribution in [1.82, 2.24) is 4.90 Å². The first-order valence-corrected chi connectivity index (χ1v) is 9.45.